The Morgan fingerprint density at radius 1 is 1.12 bits per heavy atom. The molecule has 1 aliphatic carbocycles. The highest BCUT2D eigenvalue weighted by atomic mass is 79.9. The Bertz CT molecular complexity index is 910. The summed E-state index contributed by atoms with van der Waals surface area (Å²) in [7, 11) is 0. The van der Waals surface area contributed by atoms with Gasteiger partial charge in [0.05, 0.1) is 6.54 Å². The number of ketones is 1. The van der Waals surface area contributed by atoms with Crippen molar-refractivity contribution in [3.63, 3.8) is 0 Å². The van der Waals surface area contributed by atoms with Gasteiger partial charge in [-0.05, 0) is 42.5 Å². The zero-order valence-corrected chi connectivity index (χ0v) is 15.6. The Hall–Kier alpha value is -2.47. The summed E-state index contributed by atoms with van der Waals surface area (Å²) in [6.07, 6.45) is 2.26. The molecular weight excluding hydrogens is 396 g/mol. The fourth-order valence-electron chi connectivity index (χ4n) is 3.83. The first kappa shape index (κ1) is 17.0. The Morgan fingerprint density at radius 2 is 1.85 bits per heavy atom. The number of rotatable bonds is 3. The van der Waals surface area contributed by atoms with Gasteiger partial charge in [0.1, 0.15) is 5.54 Å². The van der Waals surface area contributed by atoms with E-state index in [0.29, 0.717) is 12.0 Å². The molecule has 2 aliphatic rings. The fourth-order valence-corrected chi connectivity index (χ4v) is 4.09. The number of halogens is 1. The number of imide groups is 1. The highest BCUT2D eigenvalue weighted by molar-refractivity contribution is 9.10. The summed E-state index contributed by atoms with van der Waals surface area (Å²) >= 11 is 3.33. The first-order valence-electron chi connectivity index (χ1n) is 8.52. The lowest BCUT2D eigenvalue weighted by Crippen LogP contribution is -2.46. The predicted octanol–water partition coefficient (Wildman–Crippen LogP) is 3.42. The van der Waals surface area contributed by atoms with Gasteiger partial charge in [0.2, 0.25) is 0 Å². The van der Waals surface area contributed by atoms with E-state index in [2.05, 4.69) is 21.2 Å². The molecule has 1 saturated heterocycles. The molecule has 5 nitrogen and oxygen atoms in total. The lowest BCUT2D eigenvalue weighted by molar-refractivity contribution is -0.131. The average molecular weight is 413 g/mol. The summed E-state index contributed by atoms with van der Waals surface area (Å²) < 4.78 is 0.863. The number of amides is 3. The monoisotopic (exact) mass is 412 g/mol. The van der Waals surface area contributed by atoms with Crippen molar-refractivity contribution in [1.82, 2.24) is 10.2 Å². The van der Waals surface area contributed by atoms with Gasteiger partial charge in [0.25, 0.3) is 5.91 Å². The van der Waals surface area contributed by atoms with E-state index in [0.717, 1.165) is 33.3 Å². The lowest BCUT2D eigenvalue weighted by atomic mass is 9.76. The molecule has 1 fully saturated rings. The maximum absolute atomic E-state index is 13.2. The zero-order chi connectivity index (χ0) is 18.3. The van der Waals surface area contributed by atoms with Gasteiger partial charge in [-0.1, -0.05) is 52.3 Å². The second kappa shape index (κ2) is 6.36. The molecule has 2 aromatic carbocycles. The molecule has 132 valence electrons. The summed E-state index contributed by atoms with van der Waals surface area (Å²) in [4.78, 5) is 39.3. The van der Waals surface area contributed by atoms with Crippen molar-refractivity contribution in [1.29, 1.82) is 0 Å². The van der Waals surface area contributed by atoms with Gasteiger partial charge in [0.15, 0.2) is 5.78 Å². The van der Waals surface area contributed by atoms with E-state index >= 15 is 0 Å². The molecule has 1 atom stereocenters. The summed E-state index contributed by atoms with van der Waals surface area (Å²) in [5, 5.41) is 2.87. The Morgan fingerprint density at radius 3 is 2.62 bits per heavy atom. The van der Waals surface area contributed by atoms with Crippen molar-refractivity contribution in [2.75, 3.05) is 6.54 Å². The molecule has 3 amide bonds. The molecule has 1 aliphatic heterocycles. The van der Waals surface area contributed by atoms with Crippen LogP contribution in [0.25, 0.3) is 0 Å². The van der Waals surface area contributed by atoms with Gasteiger partial charge < -0.3 is 5.32 Å². The fraction of sp³-hybridized carbons (Fsp3) is 0.250. The van der Waals surface area contributed by atoms with E-state index in [-0.39, 0.29) is 18.2 Å². The van der Waals surface area contributed by atoms with E-state index in [9.17, 15) is 14.4 Å². The van der Waals surface area contributed by atoms with Crippen LogP contribution in [-0.4, -0.2) is 29.2 Å². The van der Waals surface area contributed by atoms with Crippen molar-refractivity contribution in [2.45, 2.75) is 24.8 Å². The Labute approximate surface area is 159 Å². The van der Waals surface area contributed by atoms with Crippen LogP contribution in [0.5, 0.6) is 0 Å². The standard InChI is InChI=1S/C20H17BrN2O3/c21-15-9-7-14(8-10-15)17(24)12-23-18(25)20(22-19(23)26)11-3-5-13-4-1-2-6-16(13)20/h1-2,4,6-10H,3,5,11-12H2,(H,22,26)/t20-/m0/s1. The maximum atomic E-state index is 13.2. The van der Waals surface area contributed by atoms with Crippen LogP contribution in [0.3, 0.4) is 0 Å². The number of urea groups is 1. The SMILES string of the molecule is O=C(CN1C(=O)N[C@]2(CCCc3ccccc32)C1=O)c1ccc(Br)cc1. The summed E-state index contributed by atoms with van der Waals surface area (Å²) in [6, 6.07) is 14.1. The van der Waals surface area contributed by atoms with Crippen molar-refractivity contribution < 1.29 is 14.4 Å². The highest BCUT2D eigenvalue weighted by Gasteiger charge is 2.54. The number of nitrogens with one attached hydrogen (secondary N) is 1. The van der Waals surface area contributed by atoms with E-state index in [4.69, 9.17) is 0 Å². The third kappa shape index (κ3) is 2.65. The van der Waals surface area contributed by atoms with Crippen LogP contribution < -0.4 is 5.32 Å². The summed E-state index contributed by atoms with van der Waals surface area (Å²) in [5.74, 6) is -0.595. The largest absolute Gasteiger partial charge is 0.325 e. The molecule has 0 unspecified atom stereocenters. The molecule has 0 aromatic heterocycles. The van der Waals surface area contributed by atoms with Crippen molar-refractivity contribution in [3.05, 3.63) is 69.7 Å². The molecule has 6 heteroatoms. The van der Waals surface area contributed by atoms with Crippen LogP contribution in [0.4, 0.5) is 4.79 Å². The number of benzene rings is 2. The second-order valence-electron chi connectivity index (χ2n) is 6.67. The smallest absolute Gasteiger partial charge is 0.319 e. The molecule has 0 saturated carbocycles. The number of fused-ring (bicyclic) bond motifs is 2. The van der Waals surface area contributed by atoms with E-state index in [1.165, 1.54) is 0 Å². The average Bonchev–Trinajstić information content (AvgIpc) is 2.87. The topological polar surface area (TPSA) is 66.5 Å². The minimum Gasteiger partial charge on any atom is -0.319 e. The third-order valence-electron chi connectivity index (χ3n) is 5.12. The van der Waals surface area contributed by atoms with Gasteiger partial charge in [-0.3, -0.25) is 14.5 Å². The zero-order valence-electron chi connectivity index (χ0n) is 14.0. The van der Waals surface area contributed by atoms with Crippen molar-refractivity contribution in [2.24, 2.45) is 0 Å². The second-order valence-corrected chi connectivity index (χ2v) is 7.58. The first-order chi connectivity index (χ1) is 12.5. The van der Waals surface area contributed by atoms with Crippen molar-refractivity contribution >= 4 is 33.7 Å². The van der Waals surface area contributed by atoms with Crippen LogP contribution in [0.1, 0.15) is 34.3 Å². The molecule has 26 heavy (non-hydrogen) atoms. The molecule has 2 aromatic rings. The molecule has 4 rings (SSSR count). The van der Waals surface area contributed by atoms with Gasteiger partial charge in [-0.2, -0.15) is 0 Å². The quantitative estimate of drug-likeness (QED) is 0.620. The van der Waals surface area contributed by atoms with Crippen LogP contribution in [0, 0.1) is 0 Å². The minimum atomic E-state index is -1.04. The predicted molar refractivity (Wildman–Crippen MR) is 99.8 cm³/mol. The molecule has 1 heterocycles. The van der Waals surface area contributed by atoms with Crippen LogP contribution in [-0.2, 0) is 16.8 Å². The molecule has 0 bridgehead atoms. The summed E-state index contributed by atoms with van der Waals surface area (Å²) in [5.41, 5.74) is 1.36. The minimum absolute atomic E-state index is 0.254. The van der Waals surface area contributed by atoms with E-state index in [1.54, 1.807) is 24.3 Å². The van der Waals surface area contributed by atoms with Gasteiger partial charge in [0, 0.05) is 10.0 Å². The number of aryl methyl sites for hydroxylation is 1. The highest BCUT2D eigenvalue weighted by Crippen LogP contribution is 2.39. The number of carbonyl (C=O) groups excluding carboxylic acids is 3. The van der Waals surface area contributed by atoms with Gasteiger partial charge in [-0.25, -0.2) is 4.79 Å². The van der Waals surface area contributed by atoms with Crippen LogP contribution >= 0.6 is 15.9 Å². The van der Waals surface area contributed by atoms with Crippen LogP contribution in [0.15, 0.2) is 53.0 Å². The van der Waals surface area contributed by atoms with Gasteiger partial charge >= 0.3 is 6.03 Å². The maximum Gasteiger partial charge on any atom is 0.325 e. The Kier molecular flexibility index (Phi) is 4.15. The molecular formula is C20H17BrN2O3. The first-order valence-corrected chi connectivity index (χ1v) is 9.32. The number of nitrogens with zero attached hydrogens (tertiary/aromatic N) is 1. The normalized spacial score (nSPS) is 21.7. The van der Waals surface area contributed by atoms with E-state index < -0.39 is 11.6 Å². The number of carbonyl (C=O) groups is 3. The van der Waals surface area contributed by atoms with Gasteiger partial charge in [-0.15, -0.1) is 0 Å². The number of hydrogen-bond donors (Lipinski definition) is 1. The number of hydrogen-bond acceptors (Lipinski definition) is 3. The lowest BCUT2D eigenvalue weighted by Gasteiger charge is -2.33. The van der Waals surface area contributed by atoms with Crippen molar-refractivity contribution in [3.8, 4) is 0 Å². The molecule has 0 radical (unpaired) electrons. The summed E-state index contributed by atoms with van der Waals surface area (Å²) in [6.45, 7) is -0.254. The van der Waals surface area contributed by atoms with Crippen LogP contribution in [0.2, 0.25) is 0 Å². The molecule has 1 spiro atoms. The third-order valence-corrected chi connectivity index (χ3v) is 5.65. The Balaban J connectivity index is 1.63. The molecule has 1 N–H and O–H groups in total. The number of Topliss-reactive ketones (excluding diaryl/α,β-unsaturated/α-hetero) is 1. The van der Waals surface area contributed by atoms with E-state index in [1.807, 2.05) is 24.3 Å².